The first-order valence-corrected chi connectivity index (χ1v) is 11.2. The molecule has 1 heterocycles. The van der Waals surface area contributed by atoms with Gasteiger partial charge in [0.1, 0.15) is 0 Å². The van der Waals surface area contributed by atoms with Crippen molar-refractivity contribution in [2.24, 2.45) is 10.9 Å². The number of nitrogens with zero attached hydrogens (tertiary/aromatic N) is 2. The molecule has 0 spiro atoms. The van der Waals surface area contributed by atoms with Crippen molar-refractivity contribution >= 4 is 5.96 Å². The van der Waals surface area contributed by atoms with Crippen LogP contribution in [0.1, 0.15) is 51.1 Å². The van der Waals surface area contributed by atoms with Crippen LogP contribution >= 0.6 is 0 Å². The zero-order chi connectivity index (χ0) is 21.6. The lowest BCUT2D eigenvalue weighted by Gasteiger charge is -2.41. The third-order valence-corrected chi connectivity index (χ3v) is 6.23. The number of benzene rings is 1. The van der Waals surface area contributed by atoms with Gasteiger partial charge in [-0.2, -0.15) is 0 Å². The number of hydrogen-bond donors (Lipinski definition) is 2. The summed E-state index contributed by atoms with van der Waals surface area (Å²) in [7, 11) is 4.22. The molecule has 1 saturated heterocycles. The Morgan fingerprint density at radius 3 is 2.67 bits per heavy atom. The Morgan fingerprint density at radius 1 is 1.33 bits per heavy atom. The third kappa shape index (κ3) is 6.08. The van der Waals surface area contributed by atoms with Crippen LogP contribution in [0.5, 0.6) is 5.75 Å². The number of guanidine groups is 1. The van der Waals surface area contributed by atoms with E-state index >= 15 is 0 Å². The van der Waals surface area contributed by atoms with Crippen LogP contribution in [0, 0.1) is 11.7 Å². The Kier molecular flexibility index (Phi) is 7.94. The van der Waals surface area contributed by atoms with Gasteiger partial charge in [-0.3, -0.25) is 4.99 Å². The van der Waals surface area contributed by atoms with Gasteiger partial charge in [-0.05, 0) is 77.2 Å². The Morgan fingerprint density at radius 2 is 2.07 bits per heavy atom. The van der Waals surface area contributed by atoms with E-state index < -0.39 is 0 Å². The molecule has 0 radical (unpaired) electrons. The highest BCUT2D eigenvalue weighted by Gasteiger charge is 2.34. The van der Waals surface area contributed by atoms with E-state index in [9.17, 15) is 4.39 Å². The monoisotopic (exact) mass is 420 g/mol. The van der Waals surface area contributed by atoms with Gasteiger partial charge in [0.2, 0.25) is 0 Å². The Hall–Kier alpha value is -1.86. The Balaban J connectivity index is 1.64. The van der Waals surface area contributed by atoms with E-state index in [1.807, 2.05) is 19.9 Å². The molecular formula is C23H37FN4O2. The number of aliphatic imine (C=N–C) groups is 1. The third-order valence-electron chi connectivity index (χ3n) is 6.23. The van der Waals surface area contributed by atoms with Crippen LogP contribution < -0.4 is 15.4 Å². The van der Waals surface area contributed by atoms with Gasteiger partial charge in [0, 0.05) is 25.3 Å². The largest absolute Gasteiger partial charge is 0.490 e. The summed E-state index contributed by atoms with van der Waals surface area (Å²) in [5, 5.41) is 6.73. The highest BCUT2D eigenvalue weighted by Crippen LogP contribution is 2.31. The molecule has 168 valence electrons. The van der Waals surface area contributed by atoms with E-state index in [1.54, 1.807) is 12.1 Å². The first-order valence-electron chi connectivity index (χ1n) is 11.2. The average molecular weight is 421 g/mol. The van der Waals surface area contributed by atoms with E-state index in [2.05, 4.69) is 29.6 Å². The standard InChI is InChI=1S/C23H37FN4O2/c1-5-25-22(26-16-23(28(3)4)10-12-29-13-11-23)27-17(2)19-8-9-21(20(24)14-19)30-15-18-6-7-18/h8-9,14,17-18H,5-7,10-13,15-16H2,1-4H3,(H2,25,26,27). The lowest BCUT2D eigenvalue weighted by Crippen LogP contribution is -2.51. The fraction of sp³-hybridized carbons (Fsp3) is 0.696. The molecule has 2 N–H and O–H groups in total. The highest BCUT2D eigenvalue weighted by molar-refractivity contribution is 5.80. The normalized spacial score (nSPS) is 20.1. The molecule has 2 aliphatic rings. The smallest absolute Gasteiger partial charge is 0.191 e. The van der Waals surface area contributed by atoms with Crippen molar-refractivity contribution in [3.05, 3.63) is 29.6 Å². The minimum Gasteiger partial charge on any atom is -0.490 e. The lowest BCUT2D eigenvalue weighted by atomic mass is 9.89. The average Bonchev–Trinajstić information content (AvgIpc) is 3.56. The zero-order valence-electron chi connectivity index (χ0n) is 18.8. The van der Waals surface area contributed by atoms with Gasteiger partial charge in [0.25, 0.3) is 0 Å². The predicted molar refractivity (Wildman–Crippen MR) is 119 cm³/mol. The van der Waals surface area contributed by atoms with Gasteiger partial charge in [0.15, 0.2) is 17.5 Å². The van der Waals surface area contributed by atoms with Crippen molar-refractivity contribution in [3.8, 4) is 5.75 Å². The van der Waals surface area contributed by atoms with Gasteiger partial charge < -0.3 is 25.0 Å². The van der Waals surface area contributed by atoms with Crippen LogP contribution in [0.25, 0.3) is 0 Å². The maximum absolute atomic E-state index is 14.5. The molecule has 2 fully saturated rings. The van der Waals surface area contributed by atoms with Gasteiger partial charge in [0.05, 0.1) is 19.2 Å². The summed E-state index contributed by atoms with van der Waals surface area (Å²) in [5.74, 6) is 1.38. The summed E-state index contributed by atoms with van der Waals surface area (Å²) >= 11 is 0. The van der Waals surface area contributed by atoms with Gasteiger partial charge in [-0.1, -0.05) is 6.07 Å². The minimum absolute atomic E-state index is 0.0104. The summed E-state index contributed by atoms with van der Waals surface area (Å²) in [6, 6.07) is 5.13. The fourth-order valence-corrected chi connectivity index (χ4v) is 3.73. The summed E-state index contributed by atoms with van der Waals surface area (Å²) in [6.45, 7) is 7.66. The molecule has 1 saturated carbocycles. The van der Waals surface area contributed by atoms with E-state index in [-0.39, 0.29) is 17.4 Å². The van der Waals surface area contributed by atoms with Gasteiger partial charge >= 0.3 is 0 Å². The van der Waals surface area contributed by atoms with Gasteiger partial charge in [-0.25, -0.2) is 4.39 Å². The lowest BCUT2D eigenvalue weighted by molar-refractivity contribution is -0.00255. The number of rotatable bonds is 9. The molecule has 1 unspecified atom stereocenters. The van der Waals surface area contributed by atoms with Crippen molar-refractivity contribution in [3.63, 3.8) is 0 Å². The van der Waals surface area contributed by atoms with Gasteiger partial charge in [-0.15, -0.1) is 0 Å². The first kappa shape index (κ1) is 22.8. The van der Waals surface area contributed by atoms with Crippen molar-refractivity contribution in [2.45, 2.75) is 51.1 Å². The van der Waals surface area contributed by atoms with Crippen molar-refractivity contribution in [2.75, 3.05) is 47.0 Å². The molecule has 6 nitrogen and oxygen atoms in total. The topological polar surface area (TPSA) is 58.1 Å². The fourth-order valence-electron chi connectivity index (χ4n) is 3.73. The van der Waals surface area contributed by atoms with Crippen LogP contribution in [0.4, 0.5) is 4.39 Å². The molecule has 30 heavy (non-hydrogen) atoms. The quantitative estimate of drug-likeness (QED) is 0.474. The number of likely N-dealkylation sites (N-methyl/N-ethyl adjacent to an activating group) is 1. The van der Waals surface area contributed by atoms with Crippen LogP contribution in [0.2, 0.25) is 0 Å². The van der Waals surface area contributed by atoms with Crippen LogP contribution in [-0.2, 0) is 4.74 Å². The molecule has 1 aromatic carbocycles. The van der Waals surface area contributed by atoms with Crippen LogP contribution in [-0.4, -0.2) is 63.4 Å². The van der Waals surface area contributed by atoms with Crippen molar-refractivity contribution < 1.29 is 13.9 Å². The molecule has 0 bridgehead atoms. The highest BCUT2D eigenvalue weighted by atomic mass is 19.1. The molecule has 0 amide bonds. The Labute approximate surface area is 180 Å². The van der Waals surface area contributed by atoms with Crippen molar-refractivity contribution in [1.82, 2.24) is 15.5 Å². The van der Waals surface area contributed by atoms with E-state index in [0.29, 0.717) is 24.8 Å². The molecular weight excluding hydrogens is 383 g/mol. The maximum Gasteiger partial charge on any atom is 0.191 e. The number of hydrogen-bond acceptors (Lipinski definition) is 4. The zero-order valence-corrected chi connectivity index (χ0v) is 18.8. The second-order valence-corrected chi connectivity index (χ2v) is 8.74. The predicted octanol–water partition coefficient (Wildman–Crippen LogP) is 3.34. The minimum atomic E-state index is -0.308. The second kappa shape index (κ2) is 10.4. The Bertz CT molecular complexity index is 715. The first-order chi connectivity index (χ1) is 14.4. The van der Waals surface area contributed by atoms with E-state index in [4.69, 9.17) is 14.5 Å². The summed E-state index contributed by atoms with van der Waals surface area (Å²) < 4.78 is 25.6. The number of ether oxygens (including phenoxy) is 2. The molecule has 1 aliphatic heterocycles. The summed E-state index contributed by atoms with van der Waals surface area (Å²) in [6.07, 6.45) is 4.31. The molecule has 0 aromatic heterocycles. The molecule has 1 aliphatic carbocycles. The maximum atomic E-state index is 14.5. The molecule has 1 atom stereocenters. The SMILES string of the molecule is CCNC(=NCC1(N(C)C)CCOCC1)NC(C)c1ccc(OCC2CC2)c(F)c1. The number of halogens is 1. The van der Waals surface area contributed by atoms with Crippen LogP contribution in [0.15, 0.2) is 23.2 Å². The van der Waals surface area contributed by atoms with Crippen LogP contribution in [0.3, 0.4) is 0 Å². The number of nitrogens with one attached hydrogen (secondary N) is 2. The van der Waals surface area contributed by atoms with E-state index in [0.717, 1.165) is 44.1 Å². The summed E-state index contributed by atoms with van der Waals surface area (Å²) in [5.41, 5.74) is 0.876. The second-order valence-electron chi connectivity index (χ2n) is 8.74. The van der Waals surface area contributed by atoms with Crippen molar-refractivity contribution in [1.29, 1.82) is 0 Å². The molecule has 3 rings (SSSR count). The summed E-state index contributed by atoms with van der Waals surface area (Å²) in [4.78, 5) is 7.14. The molecule has 7 heteroatoms. The van der Waals surface area contributed by atoms with E-state index in [1.165, 1.54) is 12.8 Å². The molecule has 1 aromatic rings.